The van der Waals surface area contributed by atoms with Gasteiger partial charge in [-0.2, -0.15) is 0 Å². The molecule has 0 saturated carbocycles. The van der Waals surface area contributed by atoms with Gasteiger partial charge in [-0.15, -0.1) is 0 Å². The van der Waals surface area contributed by atoms with E-state index in [1.807, 2.05) is 0 Å². The summed E-state index contributed by atoms with van der Waals surface area (Å²) in [5.74, 6) is -2.39. The molecule has 2 N–H and O–H groups in total. The quantitative estimate of drug-likeness (QED) is 0.308. The first-order chi connectivity index (χ1) is 18.7. The molecular weight excluding hydrogens is 546 g/mol. The Morgan fingerprint density at radius 1 is 1.08 bits per heavy atom. The van der Waals surface area contributed by atoms with Gasteiger partial charge in [0, 0.05) is 46.2 Å². The lowest BCUT2D eigenvalue weighted by atomic mass is 9.95. The highest BCUT2D eigenvalue weighted by molar-refractivity contribution is 6.36. The van der Waals surface area contributed by atoms with E-state index in [0.717, 1.165) is 6.07 Å². The van der Waals surface area contributed by atoms with Gasteiger partial charge in [0.05, 0.1) is 18.2 Å². The molecule has 1 amide bonds. The molecule has 9 heteroatoms. The van der Waals surface area contributed by atoms with Crippen molar-refractivity contribution in [3.63, 3.8) is 0 Å². The fourth-order valence-corrected chi connectivity index (χ4v) is 4.73. The highest BCUT2D eigenvalue weighted by atomic mass is 35.5. The standard InChI is InChI=1S/C30H24Cl2F3N3O/c1-18-10-22(33)4-2-8-36-17-20(18)14-29(39)38-28(13-19-11-23(34)16-24(35)12-19)30-26(5-3-9-37-30)25-7-6-21(31)15-27(25)32/h2-7,9-12,15-17,28,36H,1,8,13-14H2,(H,38,39)/b4-2-,20-17-,22-10+/t28-/m0/s1. The first-order valence-corrected chi connectivity index (χ1v) is 12.8. The topological polar surface area (TPSA) is 54.0 Å². The molecule has 39 heavy (non-hydrogen) atoms. The van der Waals surface area contributed by atoms with Gasteiger partial charge in [-0.05, 0) is 65.6 Å². The molecule has 0 bridgehead atoms. The lowest BCUT2D eigenvalue weighted by Crippen LogP contribution is -2.31. The summed E-state index contributed by atoms with van der Waals surface area (Å²) >= 11 is 12.6. The zero-order valence-corrected chi connectivity index (χ0v) is 22.2. The Morgan fingerprint density at radius 3 is 2.59 bits per heavy atom. The number of allylic oxidation sites excluding steroid dienone is 4. The van der Waals surface area contributed by atoms with Crippen LogP contribution in [0.2, 0.25) is 10.0 Å². The van der Waals surface area contributed by atoms with Gasteiger partial charge >= 0.3 is 0 Å². The monoisotopic (exact) mass is 569 g/mol. The minimum Gasteiger partial charge on any atom is -0.387 e. The van der Waals surface area contributed by atoms with Crippen LogP contribution in [0, 0.1) is 11.6 Å². The fraction of sp³-hybridized carbons (Fsp3) is 0.133. The van der Waals surface area contributed by atoms with Crippen molar-refractivity contribution >= 4 is 29.1 Å². The van der Waals surface area contributed by atoms with Gasteiger partial charge in [0.25, 0.3) is 0 Å². The molecule has 2 heterocycles. The highest BCUT2D eigenvalue weighted by Crippen LogP contribution is 2.35. The van der Waals surface area contributed by atoms with Crippen LogP contribution < -0.4 is 10.6 Å². The summed E-state index contributed by atoms with van der Waals surface area (Å²) < 4.78 is 42.1. The van der Waals surface area contributed by atoms with E-state index in [2.05, 4.69) is 22.2 Å². The second-order valence-electron chi connectivity index (χ2n) is 8.87. The van der Waals surface area contributed by atoms with Crippen molar-refractivity contribution in [3.05, 3.63) is 136 Å². The number of carbonyl (C=O) groups is 1. The number of amides is 1. The zero-order chi connectivity index (χ0) is 27.9. The van der Waals surface area contributed by atoms with Crippen molar-refractivity contribution in [2.24, 2.45) is 0 Å². The van der Waals surface area contributed by atoms with Crippen LogP contribution in [0.4, 0.5) is 13.2 Å². The summed E-state index contributed by atoms with van der Waals surface area (Å²) in [5.41, 5.74) is 2.81. The van der Waals surface area contributed by atoms with Crippen LogP contribution >= 0.6 is 23.2 Å². The predicted molar refractivity (Wildman–Crippen MR) is 149 cm³/mol. The van der Waals surface area contributed by atoms with Crippen molar-refractivity contribution in [1.82, 2.24) is 15.6 Å². The van der Waals surface area contributed by atoms with Gasteiger partial charge in [-0.25, -0.2) is 13.2 Å². The number of benzene rings is 2. The molecule has 0 spiro atoms. The Hall–Kier alpha value is -3.81. The number of nitrogens with zero attached hydrogens (tertiary/aromatic N) is 1. The van der Waals surface area contributed by atoms with Crippen LogP contribution in [0.25, 0.3) is 11.1 Å². The van der Waals surface area contributed by atoms with E-state index in [4.69, 9.17) is 23.2 Å². The maximum absolute atomic E-state index is 14.0. The molecule has 4 nitrogen and oxygen atoms in total. The predicted octanol–water partition coefficient (Wildman–Crippen LogP) is 7.58. The Bertz CT molecular complexity index is 1480. The summed E-state index contributed by atoms with van der Waals surface area (Å²) in [6, 6.07) is 10.9. The van der Waals surface area contributed by atoms with E-state index in [0.29, 0.717) is 50.1 Å². The second kappa shape index (κ2) is 12.8. The van der Waals surface area contributed by atoms with Crippen molar-refractivity contribution in [1.29, 1.82) is 0 Å². The maximum atomic E-state index is 14.0. The lowest BCUT2D eigenvalue weighted by Gasteiger charge is -2.22. The number of aromatic nitrogens is 1. The minimum atomic E-state index is -0.797. The number of hydrogen-bond donors (Lipinski definition) is 2. The zero-order valence-electron chi connectivity index (χ0n) is 20.7. The fourth-order valence-electron chi connectivity index (χ4n) is 4.22. The summed E-state index contributed by atoms with van der Waals surface area (Å²) in [7, 11) is 0. The smallest absolute Gasteiger partial charge is 0.225 e. The minimum absolute atomic E-state index is 0.0341. The molecule has 4 rings (SSSR count). The number of pyridine rings is 1. The van der Waals surface area contributed by atoms with Gasteiger partial charge in [0.2, 0.25) is 5.91 Å². The molecule has 1 aliphatic rings. The van der Waals surface area contributed by atoms with E-state index in [1.165, 1.54) is 24.3 Å². The molecule has 1 atom stereocenters. The van der Waals surface area contributed by atoms with Gasteiger partial charge in [0.15, 0.2) is 0 Å². The van der Waals surface area contributed by atoms with Gasteiger partial charge in [-0.1, -0.05) is 48.0 Å². The molecule has 0 fully saturated rings. The van der Waals surface area contributed by atoms with Crippen molar-refractivity contribution < 1.29 is 18.0 Å². The first kappa shape index (κ1) is 28.2. The molecule has 1 aromatic heterocycles. The molecule has 0 aliphatic carbocycles. The summed E-state index contributed by atoms with van der Waals surface area (Å²) in [4.78, 5) is 17.8. The highest BCUT2D eigenvalue weighted by Gasteiger charge is 2.23. The average Bonchev–Trinajstić information content (AvgIpc) is 2.93. The number of hydrogen-bond acceptors (Lipinski definition) is 3. The molecule has 0 radical (unpaired) electrons. The van der Waals surface area contributed by atoms with Crippen LogP contribution in [0.15, 0.2) is 103 Å². The summed E-state index contributed by atoms with van der Waals surface area (Å²) in [5, 5.41) is 6.76. The number of carbonyl (C=O) groups excluding carboxylic acids is 1. The van der Waals surface area contributed by atoms with Crippen molar-refractivity contribution in [2.75, 3.05) is 6.54 Å². The first-order valence-electron chi connectivity index (χ1n) is 12.0. The largest absolute Gasteiger partial charge is 0.387 e. The number of halogens is 5. The van der Waals surface area contributed by atoms with Gasteiger partial charge in [-0.3, -0.25) is 9.78 Å². The molecule has 0 unspecified atom stereocenters. The molecule has 1 aliphatic heterocycles. The van der Waals surface area contributed by atoms with E-state index >= 15 is 0 Å². The SMILES string of the molecule is C=C1/C=C(F)\C=C/CN/C=C\1CC(=O)N[C@@H](Cc1cc(F)cc(F)c1)c1ncccc1-c1ccc(Cl)cc1Cl. The third kappa shape index (κ3) is 7.62. The third-order valence-corrected chi connectivity index (χ3v) is 6.50. The molecular formula is C30H24Cl2F3N3O. The third-order valence-electron chi connectivity index (χ3n) is 5.95. The summed E-state index contributed by atoms with van der Waals surface area (Å²) in [6.07, 6.45) is 7.24. The maximum Gasteiger partial charge on any atom is 0.225 e. The molecule has 3 aromatic rings. The molecule has 200 valence electrons. The summed E-state index contributed by atoms with van der Waals surface area (Å²) in [6.45, 7) is 4.25. The van der Waals surface area contributed by atoms with Crippen LogP contribution in [0.1, 0.15) is 23.7 Å². The van der Waals surface area contributed by atoms with E-state index in [1.54, 1.807) is 48.8 Å². The van der Waals surface area contributed by atoms with Crippen LogP contribution in [-0.4, -0.2) is 17.4 Å². The van der Waals surface area contributed by atoms with Crippen LogP contribution in [0.5, 0.6) is 0 Å². The van der Waals surface area contributed by atoms with Crippen LogP contribution in [-0.2, 0) is 11.2 Å². The Kier molecular flexibility index (Phi) is 9.28. The molecule has 2 aromatic carbocycles. The Morgan fingerprint density at radius 2 is 1.85 bits per heavy atom. The average molecular weight is 570 g/mol. The number of nitrogens with one attached hydrogen (secondary N) is 2. The molecule has 0 saturated heterocycles. The second-order valence-corrected chi connectivity index (χ2v) is 9.72. The van der Waals surface area contributed by atoms with E-state index in [-0.39, 0.29) is 12.8 Å². The van der Waals surface area contributed by atoms with Crippen LogP contribution in [0.3, 0.4) is 0 Å². The lowest BCUT2D eigenvalue weighted by molar-refractivity contribution is -0.121. The Balaban J connectivity index is 1.69. The van der Waals surface area contributed by atoms with Crippen molar-refractivity contribution in [2.45, 2.75) is 18.9 Å². The van der Waals surface area contributed by atoms with Crippen molar-refractivity contribution in [3.8, 4) is 11.1 Å². The van der Waals surface area contributed by atoms with Gasteiger partial charge in [0.1, 0.15) is 17.5 Å². The Labute approximate surface area is 234 Å². The van der Waals surface area contributed by atoms with Gasteiger partial charge < -0.3 is 10.6 Å². The number of rotatable bonds is 7. The van der Waals surface area contributed by atoms with E-state index < -0.39 is 29.4 Å². The van der Waals surface area contributed by atoms with E-state index in [9.17, 15) is 18.0 Å². The normalized spacial score (nSPS) is 17.8.